The number of pyridine rings is 1. The van der Waals surface area contributed by atoms with Crippen LogP contribution in [0.4, 0.5) is 0 Å². The number of likely N-dealkylation sites (tertiary alicyclic amines) is 1. The molecule has 3 heterocycles. The van der Waals surface area contributed by atoms with Gasteiger partial charge in [-0.1, -0.05) is 24.3 Å². The van der Waals surface area contributed by atoms with Gasteiger partial charge in [-0.25, -0.2) is 4.98 Å². The second kappa shape index (κ2) is 7.33. The van der Waals surface area contributed by atoms with Crippen LogP contribution in [0.2, 0.25) is 0 Å². The standard InChI is InChI=1S/C21H27N3O2/c1-15-12-23(13-16(2)26-15)14-18-7-5-11-24(18)21(25)20-10-9-17-6-3-4-8-19(17)22-20/h3-4,6,8-10,15-16,18H,5,7,11-14H2,1-2H3/t15-,16+,18-/m1/s1. The van der Waals surface area contributed by atoms with E-state index in [1.54, 1.807) is 0 Å². The van der Waals surface area contributed by atoms with E-state index in [0.29, 0.717) is 5.69 Å². The molecule has 5 nitrogen and oxygen atoms in total. The Labute approximate surface area is 154 Å². The third-order valence-corrected chi connectivity index (χ3v) is 5.42. The Morgan fingerprint density at radius 1 is 1.15 bits per heavy atom. The number of para-hydroxylation sites is 1. The summed E-state index contributed by atoms with van der Waals surface area (Å²) in [5, 5.41) is 1.07. The van der Waals surface area contributed by atoms with Crippen molar-refractivity contribution in [3.8, 4) is 0 Å². The van der Waals surface area contributed by atoms with Crippen molar-refractivity contribution in [3.05, 3.63) is 42.1 Å². The summed E-state index contributed by atoms with van der Waals surface area (Å²) in [5.74, 6) is 0.0626. The Balaban J connectivity index is 1.49. The van der Waals surface area contributed by atoms with Crippen molar-refractivity contribution < 1.29 is 9.53 Å². The lowest BCUT2D eigenvalue weighted by atomic mass is 10.1. The number of aromatic nitrogens is 1. The highest BCUT2D eigenvalue weighted by Gasteiger charge is 2.33. The third-order valence-electron chi connectivity index (χ3n) is 5.42. The molecule has 0 bridgehead atoms. The van der Waals surface area contributed by atoms with E-state index >= 15 is 0 Å². The molecule has 2 aromatic rings. The zero-order chi connectivity index (χ0) is 18.1. The van der Waals surface area contributed by atoms with Crippen molar-refractivity contribution in [3.63, 3.8) is 0 Å². The molecule has 2 saturated heterocycles. The van der Waals surface area contributed by atoms with Crippen molar-refractivity contribution in [2.75, 3.05) is 26.2 Å². The van der Waals surface area contributed by atoms with Crippen LogP contribution in [0.1, 0.15) is 37.2 Å². The summed E-state index contributed by atoms with van der Waals surface area (Å²) in [5.41, 5.74) is 1.43. The van der Waals surface area contributed by atoms with Gasteiger partial charge in [-0.3, -0.25) is 9.69 Å². The van der Waals surface area contributed by atoms with E-state index < -0.39 is 0 Å². The Kier molecular flexibility index (Phi) is 4.92. The number of amides is 1. The van der Waals surface area contributed by atoms with Crippen molar-refractivity contribution in [2.24, 2.45) is 0 Å². The summed E-state index contributed by atoms with van der Waals surface area (Å²) in [6.45, 7) is 7.89. The zero-order valence-electron chi connectivity index (χ0n) is 15.6. The molecule has 0 N–H and O–H groups in total. The molecule has 138 valence electrons. The first-order valence-corrected chi connectivity index (χ1v) is 9.65. The second-order valence-electron chi connectivity index (χ2n) is 7.66. The first-order chi connectivity index (χ1) is 12.6. The molecule has 0 spiro atoms. The molecule has 26 heavy (non-hydrogen) atoms. The number of nitrogens with zero attached hydrogens (tertiary/aromatic N) is 3. The van der Waals surface area contributed by atoms with E-state index in [2.05, 4.69) is 23.7 Å². The summed E-state index contributed by atoms with van der Waals surface area (Å²) in [6, 6.07) is 12.1. The summed E-state index contributed by atoms with van der Waals surface area (Å²) in [7, 11) is 0. The van der Waals surface area contributed by atoms with Gasteiger partial charge in [0.25, 0.3) is 5.91 Å². The lowest BCUT2D eigenvalue weighted by Gasteiger charge is -2.38. The Bertz CT molecular complexity index is 784. The average Bonchev–Trinajstić information content (AvgIpc) is 3.08. The van der Waals surface area contributed by atoms with Crippen LogP contribution < -0.4 is 0 Å². The highest BCUT2D eigenvalue weighted by Crippen LogP contribution is 2.23. The van der Waals surface area contributed by atoms with Gasteiger partial charge in [0.05, 0.1) is 17.7 Å². The molecular weight excluding hydrogens is 326 g/mol. The molecule has 2 aliphatic heterocycles. The van der Waals surface area contributed by atoms with Gasteiger partial charge >= 0.3 is 0 Å². The lowest BCUT2D eigenvalue weighted by Crippen LogP contribution is -2.51. The maximum absolute atomic E-state index is 13.1. The monoisotopic (exact) mass is 353 g/mol. The lowest BCUT2D eigenvalue weighted by molar-refractivity contribution is -0.0715. The number of morpholine rings is 1. The molecule has 0 aliphatic carbocycles. The largest absolute Gasteiger partial charge is 0.373 e. The number of fused-ring (bicyclic) bond motifs is 1. The maximum Gasteiger partial charge on any atom is 0.272 e. The van der Waals surface area contributed by atoms with Crippen LogP contribution in [0, 0.1) is 0 Å². The van der Waals surface area contributed by atoms with Crippen LogP contribution in [0.25, 0.3) is 10.9 Å². The number of rotatable bonds is 3. The van der Waals surface area contributed by atoms with Gasteiger partial charge in [-0.2, -0.15) is 0 Å². The van der Waals surface area contributed by atoms with E-state index in [9.17, 15) is 4.79 Å². The number of hydrogen-bond acceptors (Lipinski definition) is 4. The molecular formula is C21H27N3O2. The van der Waals surface area contributed by atoms with Crippen molar-refractivity contribution >= 4 is 16.8 Å². The van der Waals surface area contributed by atoms with Gasteiger partial charge in [-0.05, 0) is 38.8 Å². The highest BCUT2D eigenvalue weighted by atomic mass is 16.5. The quantitative estimate of drug-likeness (QED) is 0.851. The first kappa shape index (κ1) is 17.4. The highest BCUT2D eigenvalue weighted by molar-refractivity contribution is 5.95. The number of benzene rings is 1. The van der Waals surface area contributed by atoms with E-state index in [1.165, 1.54) is 0 Å². The fourth-order valence-electron chi connectivity index (χ4n) is 4.36. The van der Waals surface area contributed by atoms with Crippen LogP contribution in [0.15, 0.2) is 36.4 Å². The number of carbonyl (C=O) groups excluding carboxylic acids is 1. The maximum atomic E-state index is 13.1. The van der Waals surface area contributed by atoms with Crippen LogP contribution in [-0.4, -0.2) is 65.1 Å². The molecule has 0 unspecified atom stereocenters. The van der Waals surface area contributed by atoms with Crippen LogP contribution in [0.3, 0.4) is 0 Å². The number of ether oxygens (including phenoxy) is 1. The predicted molar refractivity (Wildman–Crippen MR) is 102 cm³/mol. The van der Waals surface area contributed by atoms with Gasteiger partial charge in [-0.15, -0.1) is 0 Å². The minimum atomic E-state index is 0.0626. The van der Waals surface area contributed by atoms with Crippen LogP contribution >= 0.6 is 0 Å². The molecule has 1 aromatic carbocycles. The normalized spacial score (nSPS) is 27.2. The Morgan fingerprint density at radius 3 is 2.73 bits per heavy atom. The smallest absolute Gasteiger partial charge is 0.272 e. The van der Waals surface area contributed by atoms with E-state index in [4.69, 9.17) is 4.74 Å². The molecule has 4 rings (SSSR count). The van der Waals surface area contributed by atoms with Crippen LogP contribution in [0.5, 0.6) is 0 Å². The predicted octanol–water partition coefficient (Wildman–Crippen LogP) is 2.95. The third kappa shape index (κ3) is 3.60. The van der Waals surface area contributed by atoms with Gasteiger partial charge < -0.3 is 9.64 Å². The summed E-state index contributed by atoms with van der Waals surface area (Å²) < 4.78 is 5.83. The molecule has 1 amide bonds. The molecule has 3 atom stereocenters. The Hall–Kier alpha value is -1.98. The molecule has 0 saturated carbocycles. The number of carbonyl (C=O) groups is 1. The van der Waals surface area contributed by atoms with Gasteiger partial charge in [0, 0.05) is 37.6 Å². The average molecular weight is 353 g/mol. The van der Waals surface area contributed by atoms with E-state index in [-0.39, 0.29) is 24.2 Å². The minimum Gasteiger partial charge on any atom is -0.373 e. The molecule has 5 heteroatoms. The van der Waals surface area contributed by atoms with E-state index in [0.717, 1.165) is 49.9 Å². The minimum absolute atomic E-state index is 0.0626. The second-order valence-corrected chi connectivity index (χ2v) is 7.66. The van der Waals surface area contributed by atoms with Crippen molar-refractivity contribution in [1.29, 1.82) is 0 Å². The summed E-state index contributed by atoms with van der Waals surface area (Å²) >= 11 is 0. The summed E-state index contributed by atoms with van der Waals surface area (Å²) in [4.78, 5) is 22.2. The molecule has 0 radical (unpaired) electrons. The first-order valence-electron chi connectivity index (χ1n) is 9.65. The van der Waals surface area contributed by atoms with Gasteiger partial charge in [0.1, 0.15) is 5.69 Å². The fourth-order valence-corrected chi connectivity index (χ4v) is 4.36. The number of hydrogen-bond donors (Lipinski definition) is 0. The van der Waals surface area contributed by atoms with Crippen LogP contribution in [-0.2, 0) is 4.74 Å². The Morgan fingerprint density at radius 2 is 1.92 bits per heavy atom. The molecule has 1 aromatic heterocycles. The van der Waals surface area contributed by atoms with Crippen molar-refractivity contribution in [2.45, 2.75) is 44.9 Å². The van der Waals surface area contributed by atoms with Crippen molar-refractivity contribution in [1.82, 2.24) is 14.8 Å². The topological polar surface area (TPSA) is 45.7 Å². The van der Waals surface area contributed by atoms with Gasteiger partial charge in [0.2, 0.25) is 0 Å². The summed E-state index contributed by atoms with van der Waals surface area (Å²) in [6.07, 6.45) is 2.65. The molecule has 2 aliphatic rings. The molecule has 2 fully saturated rings. The van der Waals surface area contributed by atoms with E-state index in [1.807, 2.05) is 41.3 Å². The SMILES string of the molecule is C[C@@H]1CN(C[C@H]2CCCN2C(=O)c2ccc3ccccc3n2)C[C@H](C)O1. The zero-order valence-corrected chi connectivity index (χ0v) is 15.6. The fraction of sp³-hybridized carbons (Fsp3) is 0.524. The van der Waals surface area contributed by atoms with Gasteiger partial charge in [0.15, 0.2) is 0 Å².